The van der Waals surface area contributed by atoms with Gasteiger partial charge in [-0.25, -0.2) is 0 Å². The van der Waals surface area contributed by atoms with Crippen LogP contribution in [0.4, 0.5) is 12.9 Å². The molecule has 5 heteroatoms. The Hall–Kier alpha value is 0.711. The van der Waals surface area contributed by atoms with E-state index < -0.39 is 12.4 Å². The average molecular weight is 278 g/mol. The van der Waals surface area contributed by atoms with Gasteiger partial charge in [0.25, 0.3) is 0 Å². The molecule has 0 radical (unpaired) electrons. The van der Waals surface area contributed by atoms with Crippen molar-refractivity contribution >= 4 is 12.4 Å². The molecule has 1 atom stereocenters. The summed E-state index contributed by atoms with van der Waals surface area (Å²) in [6, 6.07) is 6.00. The number of rotatable bonds is 2. The largest absolute Gasteiger partial charge is 1.00 e. The van der Waals surface area contributed by atoms with Crippen LogP contribution in [0.1, 0.15) is 43.6 Å². The van der Waals surface area contributed by atoms with Gasteiger partial charge in [-0.15, -0.1) is 5.46 Å². The van der Waals surface area contributed by atoms with Gasteiger partial charge in [0.2, 0.25) is 0 Å². The molecule has 1 unspecified atom stereocenters. The van der Waals surface area contributed by atoms with Gasteiger partial charge in [0.05, 0.1) is 0 Å². The van der Waals surface area contributed by atoms with Crippen molar-refractivity contribution in [3.05, 3.63) is 29.8 Å². The summed E-state index contributed by atoms with van der Waals surface area (Å²) >= 11 is 0. The molecule has 0 N–H and O–H groups in total. The fraction of sp³-hybridized carbons (Fsp3) is 0.538. The maximum absolute atomic E-state index is 12.7. The summed E-state index contributed by atoms with van der Waals surface area (Å²) in [5, 5.41) is 0. The van der Waals surface area contributed by atoms with Crippen molar-refractivity contribution in [3.8, 4) is 0 Å². The van der Waals surface area contributed by atoms with E-state index in [2.05, 4.69) is 0 Å². The summed E-state index contributed by atoms with van der Waals surface area (Å²) < 4.78 is 38.1. The molecule has 2 aliphatic carbocycles. The molecule has 0 nitrogen and oxygen atoms in total. The van der Waals surface area contributed by atoms with Crippen LogP contribution in [0.15, 0.2) is 24.3 Å². The predicted molar refractivity (Wildman–Crippen MR) is 63.4 cm³/mol. The Morgan fingerprint density at radius 3 is 2.28 bits per heavy atom. The number of benzene rings is 1. The van der Waals surface area contributed by atoms with Crippen LogP contribution in [0.3, 0.4) is 0 Å². The summed E-state index contributed by atoms with van der Waals surface area (Å²) in [5.74, 6) is 0.384. The van der Waals surface area contributed by atoms with Gasteiger partial charge < -0.3 is 12.9 Å². The maximum Gasteiger partial charge on any atom is 1.00 e. The molecular weight excluding hydrogens is 263 g/mol. The fourth-order valence-electron chi connectivity index (χ4n) is 3.43. The molecule has 92 valence electrons. The van der Waals surface area contributed by atoms with Gasteiger partial charge in [-0.1, -0.05) is 30.7 Å². The molecule has 0 saturated heterocycles. The molecular formula is C13H15BF3K. The Kier molecular flexibility index (Phi) is 4.40. The Balaban J connectivity index is 0.00000120. The summed E-state index contributed by atoms with van der Waals surface area (Å²) in [6.45, 7) is -4.86. The third-order valence-electron chi connectivity index (χ3n) is 4.71. The van der Waals surface area contributed by atoms with Crippen molar-refractivity contribution in [1.29, 1.82) is 0 Å². The van der Waals surface area contributed by atoms with Gasteiger partial charge in [-0.05, 0) is 42.6 Å². The zero-order valence-electron chi connectivity index (χ0n) is 10.6. The Labute approximate surface area is 148 Å². The van der Waals surface area contributed by atoms with Gasteiger partial charge >= 0.3 is 58.4 Å². The minimum absolute atomic E-state index is 0. The number of hydrogen-bond acceptors (Lipinski definition) is 0. The number of hydrogen-bond donors (Lipinski definition) is 0. The second kappa shape index (κ2) is 5.24. The second-order valence-corrected chi connectivity index (χ2v) is 5.55. The van der Waals surface area contributed by atoms with Crippen LogP contribution in [0.5, 0.6) is 0 Å². The molecule has 2 fully saturated rings. The van der Waals surface area contributed by atoms with E-state index in [0.717, 1.165) is 12.0 Å². The van der Waals surface area contributed by atoms with E-state index in [1.54, 1.807) is 6.07 Å². The SMILES string of the molecule is F[B-](F)(F)c1cccc(C2CCC23CCC3)c1.[K+]. The minimum Gasteiger partial charge on any atom is -0.445 e. The van der Waals surface area contributed by atoms with Crippen LogP contribution in [-0.2, 0) is 0 Å². The minimum atomic E-state index is -4.86. The zero-order chi connectivity index (χ0) is 12.1. The molecule has 2 aliphatic rings. The number of halogens is 3. The topological polar surface area (TPSA) is 0 Å². The Bertz CT molecular complexity index is 435. The zero-order valence-corrected chi connectivity index (χ0v) is 13.8. The normalized spacial score (nSPS) is 24.9. The average Bonchev–Trinajstić information content (AvgIpc) is 2.12. The van der Waals surface area contributed by atoms with Gasteiger partial charge in [-0.3, -0.25) is 0 Å². The monoisotopic (exact) mass is 278 g/mol. The van der Waals surface area contributed by atoms with Gasteiger partial charge in [0.1, 0.15) is 0 Å². The van der Waals surface area contributed by atoms with E-state index in [9.17, 15) is 12.9 Å². The van der Waals surface area contributed by atoms with Crippen LogP contribution < -0.4 is 56.8 Å². The fourth-order valence-corrected chi connectivity index (χ4v) is 3.43. The molecule has 2 saturated carbocycles. The van der Waals surface area contributed by atoms with Gasteiger partial charge in [0, 0.05) is 0 Å². The summed E-state index contributed by atoms with van der Waals surface area (Å²) in [4.78, 5) is 0. The van der Waals surface area contributed by atoms with Crippen molar-refractivity contribution in [1.82, 2.24) is 0 Å². The van der Waals surface area contributed by atoms with Crippen molar-refractivity contribution in [2.75, 3.05) is 0 Å². The third-order valence-corrected chi connectivity index (χ3v) is 4.71. The second-order valence-electron chi connectivity index (χ2n) is 5.55. The van der Waals surface area contributed by atoms with E-state index in [-0.39, 0.29) is 51.4 Å². The van der Waals surface area contributed by atoms with Crippen LogP contribution in [0.25, 0.3) is 0 Å². The molecule has 0 amide bonds. The van der Waals surface area contributed by atoms with Crippen LogP contribution in [-0.4, -0.2) is 6.98 Å². The molecule has 3 rings (SSSR count). The van der Waals surface area contributed by atoms with E-state index in [1.807, 2.05) is 6.07 Å². The van der Waals surface area contributed by atoms with Crippen LogP contribution in [0.2, 0.25) is 0 Å². The maximum atomic E-state index is 12.7. The van der Waals surface area contributed by atoms with Crippen LogP contribution >= 0.6 is 0 Å². The molecule has 1 aromatic carbocycles. The molecule has 18 heavy (non-hydrogen) atoms. The molecule has 0 aliphatic heterocycles. The quantitative estimate of drug-likeness (QED) is 0.702. The van der Waals surface area contributed by atoms with Crippen molar-refractivity contribution in [2.45, 2.75) is 38.0 Å². The van der Waals surface area contributed by atoms with Gasteiger partial charge in [0.15, 0.2) is 0 Å². The first-order valence-corrected chi connectivity index (χ1v) is 6.31. The summed E-state index contributed by atoms with van der Waals surface area (Å²) in [5.41, 5.74) is 0.841. The van der Waals surface area contributed by atoms with E-state index in [4.69, 9.17) is 0 Å². The van der Waals surface area contributed by atoms with E-state index >= 15 is 0 Å². The van der Waals surface area contributed by atoms with E-state index in [0.29, 0.717) is 11.3 Å². The predicted octanol–water partition coefficient (Wildman–Crippen LogP) is 0.793. The van der Waals surface area contributed by atoms with Crippen molar-refractivity contribution < 1.29 is 64.3 Å². The first-order chi connectivity index (χ1) is 8.01. The van der Waals surface area contributed by atoms with E-state index in [1.165, 1.54) is 37.8 Å². The Morgan fingerprint density at radius 2 is 1.83 bits per heavy atom. The van der Waals surface area contributed by atoms with Gasteiger partial charge in [-0.2, -0.15) is 0 Å². The summed E-state index contributed by atoms with van der Waals surface area (Å²) in [7, 11) is 0. The smallest absolute Gasteiger partial charge is 0.445 e. The molecule has 0 heterocycles. The first kappa shape index (κ1) is 15.1. The third kappa shape index (κ3) is 2.49. The molecule has 0 aromatic heterocycles. The van der Waals surface area contributed by atoms with Crippen molar-refractivity contribution in [2.24, 2.45) is 5.41 Å². The summed E-state index contributed by atoms with van der Waals surface area (Å²) in [6.07, 6.45) is 5.94. The van der Waals surface area contributed by atoms with Crippen LogP contribution in [0, 0.1) is 5.41 Å². The first-order valence-electron chi connectivity index (χ1n) is 6.31. The standard InChI is InChI=1S/C13H15BF3.K/c15-14(16,17)11-4-1-3-10(9-11)12-5-8-13(12)6-2-7-13;/h1,3-4,9,12H,2,5-8H2;/q-1;+1. The van der Waals surface area contributed by atoms with Crippen molar-refractivity contribution in [3.63, 3.8) is 0 Å². The molecule has 0 bridgehead atoms. The molecule has 1 aromatic rings. The Morgan fingerprint density at radius 1 is 1.11 bits per heavy atom. The molecule has 1 spiro atoms.